The van der Waals surface area contributed by atoms with Crippen LogP contribution in [-0.4, -0.2) is 34.1 Å². The van der Waals surface area contributed by atoms with Crippen LogP contribution in [0.2, 0.25) is 0 Å². The van der Waals surface area contributed by atoms with Crippen LogP contribution in [0.4, 0.5) is 0 Å². The normalized spacial score (nSPS) is 41.1. The van der Waals surface area contributed by atoms with Crippen molar-refractivity contribution < 1.29 is 15.3 Å². The van der Waals surface area contributed by atoms with Crippen LogP contribution < -0.4 is 0 Å². The predicted octanol–water partition coefficient (Wildman–Crippen LogP) is 0.383. The fourth-order valence-electron chi connectivity index (χ4n) is 2.17. The van der Waals surface area contributed by atoms with Crippen molar-refractivity contribution in [1.29, 1.82) is 0 Å². The molecule has 0 aromatic rings. The van der Waals surface area contributed by atoms with Gasteiger partial charge >= 0.3 is 0 Å². The number of aliphatic hydroxyl groups is 3. The molecule has 0 unspecified atom stereocenters. The van der Waals surface area contributed by atoms with E-state index < -0.39 is 12.2 Å². The molecule has 0 aromatic heterocycles. The van der Waals surface area contributed by atoms with Gasteiger partial charge in [-0.05, 0) is 17.8 Å². The van der Waals surface area contributed by atoms with Crippen LogP contribution >= 0.6 is 0 Å². The molecule has 1 fully saturated rings. The van der Waals surface area contributed by atoms with Gasteiger partial charge in [-0.2, -0.15) is 0 Å². The van der Waals surface area contributed by atoms with E-state index in [0.717, 1.165) is 0 Å². The van der Waals surface area contributed by atoms with Gasteiger partial charge in [0.2, 0.25) is 0 Å². The second-order valence-corrected chi connectivity index (χ2v) is 5.13. The molecule has 0 aromatic carbocycles. The summed E-state index contributed by atoms with van der Waals surface area (Å²) in [6, 6.07) is 0. The molecule has 3 nitrogen and oxygen atoms in total. The molecule has 0 spiro atoms. The molecule has 3 N–H and O–H groups in total. The van der Waals surface area contributed by atoms with Gasteiger partial charge in [0.25, 0.3) is 0 Å². The predicted molar refractivity (Wildman–Crippen MR) is 50.2 cm³/mol. The Bertz CT molecular complexity index is 173. The lowest BCUT2D eigenvalue weighted by atomic mass is 9.78. The van der Waals surface area contributed by atoms with Gasteiger partial charge in [0, 0.05) is 12.5 Å². The molecular weight excluding hydrogens is 168 g/mol. The lowest BCUT2D eigenvalue weighted by molar-refractivity contribution is -0.0231. The Kier molecular flexibility index (Phi) is 3.00. The van der Waals surface area contributed by atoms with Gasteiger partial charge in [-0.3, -0.25) is 0 Å². The third kappa shape index (κ3) is 2.03. The third-order valence-corrected chi connectivity index (χ3v) is 3.15. The van der Waals surface area contributed by atoms with Crippen LogP contribution in [0.1, 0.15) is 27.2 Å². The van der Waals surface area contributed by atoms with Crippen molar-refractivity contribution in [1.82, 2.24) is 0 Å². The largest absolute Gasteiger partial charge is 0.396 e. The Morgan fingerprint density at radius 1 is 1.15 bits per heavy atom. The van der Waals surface area contributed by atoms with E-state index >= 15 is 0 Å². The van der Waals surface area contributed by atoms with E-state index in [9.17, 15) is 10.2 Å². The third-order valence-electron chi connectivity index (χ3n) is 3.15. The Balaban J connectivity index is 2.71. The van der Waals surface area contributed by atoms with Gasteiger partial charge in [0.1, 0.15) is 0 Å². The summed E-state index contributed by atoms with van der Waals surface area (Å²) in [4.78, 5) is 0. The minimum absolute atomic E-state index is 0.00961. The molecule has 0 aliphatic heterocycles. The smallest absolute Gasteiger partial charge is 0.0852 e. The average Bonchev–Trinajstić information content (AvgIpc) is 2.28. The maximum absolute atomic E-state index is 9.73. The number of hydrogen-bond acceptors (Lipinski definition) is 3. The zero-order chi connectivity index (χ0) is 10.2. The van der Waals surface area contributed by atoms with Crippen molar-refractivity contribution in [2.24, 2.45) is 17.3 Å². The first-order chi connectivity index (χ1) is 5.88. The van der Waals surface area contributed by atoms with E-state index in [1.54, 1.807) is 0 Å². The number of rotatable bonds is 1. The van der Waals surface area contributed by atoms with E-state index in [1.165, 1.54) is 0 Å². The second kappa shape index (κ2) is 3.56. The molecule has 1 rings (SSSR count). The monoisotopic (exact) mass is 188 g/mol. The molecule has 0 bridgehead atoms. The highest BCUT2D eigenvalue weighted by atomic mass is 16.3. The van der Waals surface area contributed by atoms with E-state index in [0.29, 0.717) is 6.42 Å². The Labute approximate surface area is 79.4 Å². The van der Waals surface area contributed by atoms with Crippen molar-refractivity contribution in [3.8, 4) is 0 Å². The van der Waals surface area contributed by atoms with E-state index in [1.807, 2.05) is 20.8 Å². The number of aliphatic hydroxyl groups excluding tert-OH is 3. The van der Waals surface area contributed by atoms with Crippen molar-refractivity contribution in [2.45, 2.75) is 39.4 Å². The van der Waals surface area contributed by atoms with Gasteiger partial charge in [-0.1, -0.05) is 20.8 Å². The molecule has 78 valence electrons. The molecular formula is C10H20O3. The van der Waals surface area contributed by atoms with E-state index in [2.05, 4.69) is 0 Å². The van der Waals surface area contributed by atoms with Crippen molar-refractivity contribution in [3.63, 3.8) is 0 Å². The maximum Gasteiger partial charge on any atom is 0.0852 e. The first-order valence-corrected chi connectivity index (χ1v) is 4.85. The summed E-state index contributed by atoms with van der Waals surface area (Å²) >= 11 is 0. The first-order valence-electron chi connectivity index (χ1n) is 4.85. The summed E-state index contributed by atoms with van der Waals surface area (Å²) in [7, 11) is 0. The van der Waals surface area contributed by atoms with Crippen molar-refractivity contribution in [3.05, 3.63) is 0 Å². The SMILES string of the molecule is CC(C)(C)[C@@H]1C[C@H](CO)[C@@H](O)[C@H]1O. The van der Waals surface area contributed by atoms with E-state index in [-0.39, 0.29) is 23.9 Å². The lowest BCUT2D eigenvalue weighted by Crippen LogP contribution is -2.34. The molecule has 1 aliphatic rings. The quantitative estimate of drug-likeness (QED) is 0.557. The lowest BCUT2D eigenvalue weighted by Gasteiger charge is -2.29. The van der Waals surface area contributed by atoms with Gasteiger partial charge in [0.15, 0.2) is 0 Å². The molecule has 0 radical (unpaired) electrons. The van der Waals surface area contributed by atoms with Crippen LogP contribution in [0.5, 0.6) is 0 Å². The molecule has 0 saturated heterocycles. The molecule has 13 heavy (non-hydrogen) atoms. The Hall–Kier alpha value is -0.120. The summed E-state index contributed by atoms with van der Waals surface area (Å²) < 4.78 is 0. The summed E-state index contributed by atoms with van der Waals surface area (Å²) in [6.07, 6.45) is -0.728. The van der Waals surface area contributed by atoms with Crippen LogP contribution in [0.15, 0.2) is 0 Å². The van der Waals surface area contributed by atoms with Crippen molar-refractivity contribution >= 4 is 0 Å². The second-order valence-electron chi connectivity index (χ2n) is 5.13. The zero-order valence-corrected chi connectivity index (χ0v) is 8.57. The topological polar surface area (TPSA) is 60.7 Å². The van der Waals surface area contributed by atoms with Crippen LogP contribution in [0.3, 0.4) is 0 Å². The molecule has 0 amide bonds. The molecule has 1 aliphatic carbocycles. The van der Waals surface area contributed by atoms with Crippen LogP contribution in [-0.2, 0) is 0 Å². The average molecular weight is 188 g/mol. The molecule has 1 saturated carbocycles. The molecule has 4 atom stereocenters. The van der Waals surface area contributed by atoms with E-state index in [4.69, 9.17) is 5.11 Å². The Morgan fingerprint density at radius 2 is 1.69 bits per heavy atom. The summed E-state index contributed by atoms with van der Waals surface area (Å²) in [5.41, 5.74) is -0.00961. The van der Waals surface area contributed by atoms with Gasteiger partial charge in [-0.25, -0.2) is 0 Å². The van der Waals surface area contributed by atoms with Gasteiger partial charge in [-0.15, -0.1) is 0 Å². The minimum atomic E-state index is -0.755. The minimum Gasteiger partial charge on any atom is -0.396 e. The zero-order valence-electron chi connectivity index (χ0n) is 8.57. The number of hydrogen-bond donors (Lipinski definition) is 3. The maximum atomic E-state index is 9.73. The van der Waals surface area contributed by atoms with Gasteiger partial charge < -0.3 is 15.3 Å². The molecule has 0 heterocycles. The highest BCUT2D eigenvalue weighted by Gasteiger charge is 2.45. The van der Waals surface area contributed by atoms with Crippen molar-refractivity contribution in [2.75, 3.05) is 6.61 Å². The van der Waals surface area contributed by atoms with Gasteiger partial charge in [0.05, 0.1) is 12.2 Å². The summed E-state index contributed by atoms with van der Waals surface area (Å²) in [5, 5.41) is 28.3. The highest BCUT2D eigenvalue weighted by molar-refractivity contribution is 4.95. The van der Waals surface area contributed by atoms with Crippen LogP contribution in [0.25, 0.3) is 0 Å². The summed E-state index contributed by atoms with van der Waals surface area (Å²) in [6.45, 7) is 6.11. The first kappa shape index (κ1) is 11.0. The highest BCUT2D eigenvalue weighted by Crippen LogP contribution is 2.42. The Morgan fingerprint density at radius 3 is 1.92 bits per heavy atom. The molecule has 3 heteroatoms. The fourth-order valence-corrected chi connectivity index (χ4v) is 2.17. The standard InChI is InChI=1S/C10H20O3/c1-10(2,3)7-4-6(5-11)8(12)9(7)13/h6-9,11-13H,4-5H2,1-3H3/t6-,7-,8-,9+/m1/s1. The fraction of sp³-hybridized carbons (Fsp3) is 1.00. The summed E-state index contributed by atoms with van der Waals surface area (Å²) in [5.74, 6) is -0.0705. The van der Waals surface area contributed by atoms with Crippen LogP contribution in [0, 0.1) is 17.3 Å².